The van der Waals surface area contributed by atoms with Crippen molar-refractivity contribution in [3.05, 3.63) is 36.4 Å². The average molecular weight is 481 g/mol. The molecule has 0 aliphatic heterocycles. The number of ether oxygens (including phenoxy) is 4. The lowest BCUT2D eigenvalue weighted by Gasteiger charge is -2.27. The molecule has 0 atom stereocenters. The number of rotatable bonds is 12. The van der Waals surface area contributed by atoms with Crippen molar-refractivity contribution in [3.8, 4) is 23.0 Å². The van der Waals surface area contributed by atoms with Gasteiger partial charge in [-0.15, -0.1) is 0 Å². The van der Waals surface area contributed by atoms with Gasteiger partial charge < -0.3 is 24.3 Å². The number of anilines is 1. The van der Waals surface area contributed by atoms with Crippen molar-refractivity contribution in [2.75, 3.05) is 39.3 Å². The normalized spacial score (nSPS) is 11.1. The van der Waals surface area contributed by atoms with Crippen LogP contribution in [0.25, 0.3) is 0 Å². The molecule has 0 fully saturated rings. The van der Waals surface area contributed by atoms with Gasteiger partial charge in [-0.1, -0.05) is 13.8 Å². The molecule has 0 bridgehead atoms. The number of nitrogens with zero attached hydrogens (tertiary/aromatic N) is 1. The Morgan fingerprint density at radius 1 is 0.879 bits per heavy atom. The summed E-state index contributed by atoms with van der Waals surface area (Å²) in [5.41, 5.74) is 0.173. The van der Waals surface area contributed by atoms with Crippen molar-refractivity contribution in [2.24, 2.45) is 0 Å². The van der Waals surface area contributed by atoms with E-state index in [2.05, 4.69) is 5.32 Å². The average Bonchev–Trinajstić information content (AvgIpc) is 2.84. The molecule has 10 heteroatoms. The monoisotopic (exact) mass is 480 g/mol. The Hall–Kier alpha value is -3.14. The summed E-state index contributed by atoms with van der Waals surface area (Å²) in [7, 11) is 1.56. The van der Waals surface area contributed by atoms with E-state index in [0.717, 1.165) is 17.1 Å². The van der Waals surface area contributed by atoms with Crippen LogP contribution in [0.2, 0.25) is 0 Å². The van der Waals surface area contributed by atoms with Crippen LogP contribution in [-0.2, 0) is 14.8 Å². The molecule has 2 aromatic rings. The van der Waals surface area contributed by atoms with Gasteiger partial charge >= 0.3 is 0 Å². The van der Waals surface area contributed by atoms with Crippen LogP contribution in [0.4, 0.5) is 5.69 Å². The molecule has 0 radical (unpaired) electrons. The van der Waals surface area contributed by atoms with Crippen LogP contribution < -0.4 is 28.6 Å². The maximum absolute atomic E-state index is 13.8. The Balaban J connectivity index is 2.63. The molecule has 33 heavy (non-hydrogen) atoms. The van der Waals surface area contributed by atoms with Crippen molar-refractivity contribution in [3.63, 3.8) is 0 Å². The fourth-order valence-corrected chi connectivity index (χ4v) is 4.73. The van der Waals surface area contributed by atoms with E-state index in [-0.39, 0.29) is 28.1 Å². The summed E-state index contributed by atoms with van der Waals surface area (Å²) in [4.78, 5) is 12.8. The maximum Gasteiger partial charge on any atom is 0.265 e. The topological polar surface area (TPSA) is 103 Å². The Bertz CT molecular complexity index is 1050. The fraction of sp³-hybridized carbons (Fsp3) is 0.435. The summed E-state index contributed by atoms with van der Waals surface area (Å²) in [6.45, 7) is 3.46. The third kappa shape index (κ3) is 6.01. The highest BCUT2D eigenvalue weighted by Crippen LogP contribution is 2.37. The van der Waals surface area contributed by atoms with Gasteiger partial charge in [0.2, 0.25) is 5.91 Å². The summed E-state index contributed by atoms with van der Waals surface area (Å²) >= 11 is 0. The zero-order chi connectivity index (χ0) is 24.6. The number of hydrogen-bond acceptors (Lipinski definition) is 7. The van der Waals surface area contributed by atoms with Crippen molar-refractivity contribution in [1.29, 1.82) is 0 Å². The first-order chi connectivity index (χ1) is 15.7. The van der Waals surface area contributed by atoms with E-state index in [1.165, 1.54) is 52.7 Å². The van der Waals surface area contributed by atoms with E-state index in [4.69, 9.17) is 18.9 Å². The van der Waals surface area contributed by atoms with E-state index in [1.807, 2.05) is 13.8 Å². The molecule has 1 N–H and O–H groups in total. The van der Waals surface area contributed by atoms with Gasteiger partial charge in [0.15, 0.2) is 11.5 Å². The van der Waals surface area contributed by atoms with Crippen molar-refractivity contribution >= 4 is 21.6 Å². The lowest BCUT2D eigenvalue weighted by atomic mass is 10.2. The summed E-state index contributed by atoms with van der Waals surface area (Å²) in [5, 5.41) is 2.89. The van der Waals surface area contributed by atoms with E-state index in [1.54, 1.807) is 12.1 Å². The Kier molecular flexibility index (Phi) is 9.22. The Morgan fingerprint density at radius 3 is 2.03 bits per heavy atom. The minimum absolute atomic E-state index is 0.0599. The van der Waals surface area contributed by atoms with Crippen LogP contribution in [0, 0.1) is 0 Å². The molecule has 0 saturated heterocycles. The van der Waals surface area contributed by atoms with Crippen molar-refractivity contribution < 1.29 is 32.2 Å². The van der Waals surface area contributed by atoms with Gasteiger partial charge in [-0.05, 0) is 37.1 Å². The molecule has 2 aromatic carbocycles. The quantitative estimate of drug-likeness (QED) is 0.497. The van der Waals surface area contributed by atoms with E-state index in [9.17, 15) is 13.2 Å². The third-order valence-electron chi connectivity index (χ3n) is 5.24. The molecule has 182 valence electrons. The van der Waals surface area contributed by atoms with Crippen LogP contribution in [-0.4, -0.2) is 55.4 Å². The first-order valence-electron chi connectivity index (χ1n) is 10.5. The van der Waals surface area contributed by atoms with Crippen LogP contribution in [0.5, 0.6) is 23.0 Å². The van der Waals surface area contributed by atoms with Crippen molar-refractivity contribution in [2.45, 2.75) is 37.6 Å². The first-order valence-corrected chi connectivity index (χ1v) is 12.0. The molecule has 2 rings (SSSR count). The standard InChI is InChI=1S/C23H32N2O7S/c1-7-16(8-2)24-23(26)15-25(19-13-17(29-3)9-11-20(19)30-4)33(27,28)18-10-12-21(31-5)22(14-18)32-6/h9-14,16H,7-8,15H2,1-6H3,(H,24,26). The highest BCUT2D eigenvalue weighted by molar-refractivity contribution is 7.92. The molecular weight excluding hydrogens is 448 g/mol. The van der Waals surface area contributed by atoms with Gasteiger partial charge in [-0.25, -0.2) is 8.42 Å². The third-order valence-corrected chi connectivity index (χ3v) is 6.99. The second kappa shape index (κ2) is 11.6. The van der Waals surface area contributed by atoms with Crippen LogP contribution >= 0.6 is 0 Å². The minimum Gasteiger partial charge on any atom is -0.497 e. The molecule has 0 heterocycles. The van der Waals surface area contributed by atoms with E-state index in [0.29, 0.717) is 11.5 Å². The number of nitrogens with one attached hydrogen (secondary N) is 1. The largest absolute Gasteiger partial charge is 0.497 e. The predicted molar refractivity (Wildman–Crippen MR) is 126 cm³/mol. The minimum atomic E-state index is -4.21. The van der Waals surface area contributed by atoms with Gasteiger partial charge in [-0.2, -0.15) is 0 Å². The van der Waals surface area contributed by atoms with Gasteiger partial charge in [0.1, 0.15) is 18.0 Å². The zero-order valence-corrected chi connectivity index (χ0v) is 20.7. The Labute approximate surface area is 195 Å². The second-order valence-corrected chi connectivity index (χ2v) is 9.01. The summed E-state index contributed by atoms with van der Waals surface area (Å²) in [6, 6.07) is 8.94. The molecule has 0 spiro atoms. The zero-order valence-electron chi connectivity index (χ0n) is 19.9. The van der Waals surface area contributed by atoms with Gasteiger partial charge in [0.25, 0.3) is 10.0 Å². The van der Waals surface area contributed by atoms with E-state index < -0.39 is 22.5 Å². The molecule has 0 aliphatic rings. The summed E-state index contributed by atoms with van der Waals surface area (Å²) < 4.78 is 49.7. The second-order valence-electron chi connectivity index (χ2n) is 7.15. The highest BCUT2D eigenvalue weighted by atomic mass is 32.2. The van der Waals surface area contributed by atoms with Crippen LogP contribution in [0.1, 0.15) is 26.7 Å². The number of amides is 1. The van der Waals surface area contributed by atoms with Gasteiger partial charge in [-0.3, -0.25) is 9.10 Å². The SMILES string of the molecule is CCC(CC)NC(=O)CN(c1cc(OC)ccc1OC)S(=O)(=O)c1ccc(OC)c(OC)c1. The molecular formula is C23H32N2O7S. The van der Waals surface area contributed by atoms with Gasteiger partial charge in [0, 0.05) is 18.2 Å². The van der Waals surface area contributed by atoms with Crippen molar-refractivity contribution in [1.82, 2.24) is 5.32 Å². The number of methoxy groups -OCH3 is 4. The molecule has 0 aromatic heterocycles. The fourth-order valence-electron chi connectivity index (χ4n) is 3.29. The van der Waals surface area contributed by atoms with Crippen LogP contribution in [0.15, 0.2) is 41.3 Å². The molecule has 1 amide bonds. The van der Waals surface area contributed by atoms with E-state index >= 15 is 0 Å². The summed E-state index contributed by atoms with van der Waals surface area (Å²) in [5.74, 6) is 0.887. The number of benzene rings is 2. The first kappa shape index (κ1) is 26.1. The maximum atomic E-state index is 13.8. The molecule has 0 saturated carbocycles. The predicted octanol–water partition coefficient (Wildman–Crippen LogP) is 3.22. The molecule has 0 unspecified atom stereocenters. The Morgan fingerprint density at radius 2 is 1.48 bits per heavy atom. The summed E-state index contributed by atoms with van der Waals surface area (Å²) in [6.07, 6.45) is 1.46. The van der Waals surface area contributed by atoms with Crippen LogP contribution in [0.3, 0.4) is 0 Å². The number of carbonyl (C=O) groups is 1. The lowest BCUT2D eigenvalue weighted by Crippen LogP contribution is -2.44. The lowest BCUT2D eigenvalue weighted by molar-refractivity contribution is -0.120. The van der Waals surface area contributed by atoms with Gasteiger partial charge in [0.05, 0.1) is 39.0 Å². The molecule has 0 aliphatic carbocycles. The number of carbonyl (C=O) groups excluding carboxylic acids is 1. The number of sulfonamides is 1. The molecule has 9 nitrogen and oxygen atoms in total. The number of hydrogen-bond donors (Lipinski definition) is 1. The highest BCUT2D eigenvalue weighted by Gasteiger charge is 2.31. The smallest absolute Gasteiger partial charge is 0.265 e.